The maximum absolute atomic E-state index is 12.9. The number of likely N-dealkylation sites (N-methyl/N-ethyl adjacent to an activating group) is 1. The molecule has 1 atom stereocenters. The van der Waals surface area contributed by atoms with Gasteiger partial charge in [-0.25, -0.2) is 4.98 Å². The molecule has 3 aromatic heterocycles. The lowest BCUT2D eigenvalue weighted by Crippen LogP contribution is -2.42. The van der Waals surface area contributed by atoms with Crippen LogP contribution in [0.4, 0.5) is 0 Å². The molecule has 1 aromatic carbocycles. The van der Waals surface area contributed by atoms with E-state index in [9.17, 15) is 9.59 Å². The Bertz CT molecular complexity index is 1330. The first-order valence-electron chi connectivity index (χ1n) is 11.9. The van der Waals surface area contributed by atoms with Crippen molar-refractivity contribution in [3.05, 3.63) is 58.1 Å². The third-order valence-corrected chi connectivity index (χ3v) is 8.05. The standard InChI is InChI=1S/C26H27N5O3S2/c1-27-24(32)21-9-5-12-31(21)13-6-11-28-25(33)23-18(10-14-35-23)26-29-20(16-36-26)22-15-19(30-34-22)17-7-3-2-4-8-17/h2-4,7-8,10,14-16,21H,5-6,9,11-13H2,1H3,(H,27,32)(H,28,33). The molecular weight excluding hydrogens is 494 g/mol. The molecule has 0 radical (unpaired) electrons. The van der Waals surface area contributed by atoms with Crippen LogP contribution >= 0.6 is 22.7 Å². The van der Waals surface area contributed by atoms with Crippen molar-refractivity contribution in [3.63, 3.8) is 0 Å². The number of thiazole rings is 1. The average Bonchev–Trinajstić information content (AvgIpc) is 3.72. The quantitative estimate of drug-likeness (QED) is 0.314. The summed E-state index contributed by atoms with van der Waals surface area (Å²) in [7, 11) is 1.68. The number of carbonyl (C=O) groups is 2. The van der Waals surface area contributed by atoms with Gasteiger partial charge in [-0.15, -0.1) is 22.7 Å². The predicted octanol–water partition coefficient (Wildman–Crippen LogP) is 4.52. The summed E-state index contributed by atoms with van der Waals surface area (Å²) in [5, 5.41) is 14.5. The molecule has 10 heteroatoms. The van der Waals surface area contributed by atoms with Gasteiger partial charge in [-0.05, 0) is 37.3 Å². The molecule has 0 saturated carbocycles. The van der Waals surface area contributed by atoms with Gasteiger partial charge in [0.05, 0.1) is 6.04 Å². The summed E-state index contributed by atoms with van der Waals surface area (Å²) in [6.45, 7) is 2.26. The maximum atomic E-state index is 12.9. The van der Waals surface area contributed by atoms with Gasteiger partial charge in [-0.1, -0.05) is 35.5 Å². The summed E-state index contributed by atoms with van der Waals surface area (Å²) in [5.41, 5.74) is 3.24. The van der Waals surface area contributed by atoms with Crippen LogP contribution in [0.15, 0.2) is 57.7 Å². The van der Waals surface area contributed by atoms with Crippen LogP contribution in [0.25, 0.3) is 33.3 Å². The van der Waals surface area contributed by atoms with Crippen LogP contribution in [0.3, 0.4) is 0 Å². The number of carbonyl (C=O) groups excluding carboxylic acids is 2. The number of nitrogens with zero attached hydrogens (tertiary/aromatic N) is 3. The molecule has 2 N–H and O–H groups in total. The lowest BCUT2D eigenvalue weighted by molar-refractivity contribution is -0.124. The number of nitrogens with one attached hydrogen (secondary N) is 2. The molecule has 1 aliphatic rings. The van der Waals surface area contributed by atoms with Crippen LogP contribution in [0, 0.1) is 0 Å². The maximum Gasteiger partial charge on any atom is 0.262 e. The highest BCUT2D eigenvalue weighted by molar-refractivity contribution is 7.15. The highest BCUT2D eigenvalue weighted by atomic mass is 32.1. The molecule has 8 nitrogen and oxygen atoms in total. The first kappa shape index (κ1) is 24.4. The molecule has 36 heavy (non-hydrogen) atoms. The Morgan fingerprint density at radius 3 is 2.86 bits per heavy atom. The predicted molar refractivity (Wildman–Crippen MR) is 142 cm³/mol. The van der Waals surface area contributed by atoms with Crippen LogP contribution in [0.2, 0.25) is 0 Å². The molecule has 0 aliphatic carbocycles. The van der Waals surface area contributed by atoms with E-state index < -0.39 is 0 Å². The van der Waals surface area contributed by atoms with Crippen molar-refractivity contribution in [3.8, 4) is 33.3 Å². The van der Waals surface area contributed by atoms with E-state index in [1.54, 1.807) is 7.05 Å². The van der Waals surface area contributed by atoms with Gasteiger partial charge in [0.2, 0.25) is 5.91 Å². The SMILES string of the molecule is CNC(=O)C1CCCN1CCCNC(=O)c1sccc1-c1nc(-c2cc(-c3ccccc3)no2)cs1. The van der Waals surface area contributed by atoms with Crippen LogP contribution in [0.1, 0.15) is 28.9 Å². The fourth-order valence-electron chi connectivity index (χ4n) is 4.43. The number of rotatable bonds is 9. The molecule has 4 heterocycles. The van der Waals surface area contributed by atoms with Crippen molar-refractivity contribution >= 4 is 34.5 Å². The number of hydrogen-bond acceptors (Lipinski definition) is 8. The topological polar surface area (TPSA) is 100 Å². The molecule has 1 saturated heterocycles. The zero-order chi connectivity index (χ0) is 24.9. The van der Waals surface area contributed by atoms with Gasteiger partial charge in [-0.3, -0.25) is 14.5 Å². The van der Waals surface area contributed by atoms with Crippen molar-refractivity contribution in [2.24, 2.45) is 0 Å². The summed E-state index contributed by atoms with van der Waals surface area (Å²) < 4.78 is 5.54. The molecule has 2 amide bonds. The van der Waals surface area contributed by atoms with E-state index in [4.69, 9.17) is 9.51 Å². The van der Waals surface area contributed by atoms with E-state index in [1.165, 1.54) is 22.7 Å². The largest absolute Gasteiger partial charge is 0.358 e. The summed E-state index contributed by atoms with van der Waals surface area (Å²) in [5.74, 6) is 0.561. The average molecular weight is 522 g/mol. The van der Waals surface area contributed by atoms with E-state index in [0.29, 0.717) is 22.9 Å². The highest BCUT2D eigenvalue weighted by Gasteiger charge is 2.29. The minimum Gasteiger partial charge on any atom is -0.358 e. The second kappa shape index (κ2) is 11.2. The van der Waals surface area contributed by atoms with Crippen LogP contribution in [0.5, 0.6) is 0 Å². The van der Waals surface area contributed by atoms with Crippen molar-refractivity contribution in [1.82, 2.24) is 25.7 Å². The Hall–Kier alpha value is -3.34. The van der Waals surface area contributed by atoms with E-state index in [0.717, 1.165) is 54.2 Å². The third kappa shape index (κ3) is 5.25. The number of aromatic nitrogens is 2. The molecule has 5 rings (SSSR count). The molecule has 0 bridgehead atoms. The van der Waals surface area contributed by atoms with E-state index in [2.05, 4.69) is 20.7 Å². The first-order valence-corrected chi connectivity index (χ1v) is 13.7. The van der Waals surface area contributed by atoms with E-state index in [-0.39, 0.29) is 17.9 Å². The Balaban J connectivity index is 1.19. The molecule has 1 fully saturated rings. The van der Waals surface area contributed by atoms with Crippen LogP contribution in [-0.2, 0) is 4.79 Å². The number of hydrogen-bond donors (Lipinski definition) is 2. The Morgan fingerprint density at radius 2 is 2.03 bits per heavy atom. The first-order chi connectivity index (χ1) is 17.6. The number of benzene rings is 1. The molecule has 0 spiro atoms. The van der Waals surface area contributed by atoms with Crippen molar-refractivity contribution < 1.29 is 14.1 Å². The highest BCUT2D eigenvalue weighted by Crippen LogP contribution is 2.34. The lowest BCUT2D eigenvalue weighted by Gasteiger charge is -2.22. The smallest absolute Gasteiger partial charge is 0.262 e. The van der Waals surface area contributed by atoms with Gasteiger partial charge in [0.15, 0.2) is 5.76 Å². The zero-order valence-electron chi connectivity index (χ0n) is 19.9. The van der Waals surface area contributed by atoms with Crippen LogP contribution in [-0.4, -0.2) is 59.6 Å². The van der Waals surface area contributed by atoms with Gasteiger partial charge in [-0.2, -0.15) is 0 Å². The molecule has 186 valence electrons. The van der Waals surface area contributed by atoms with Gasteiger partial charge in [0.1, 0.15) is 21.3 Å². The second-order valence-corrected chi connectivity index (χ2v) is 10.3. The summed E-state index contributed by atoms with van der Waals surface area (Å²) in [6.07, 6.45) is 2.71. The summed E-state index contributed by atoms with van der Waals surface area (Å²) in [4.78, 5) is 32.5. The Morgan fingerprint density at radius 1 is 1.17 bits per heavy atom. The van der Waals surface area contributed by atoms with Gasteiger partial charge >= 0.3 is 0 Å². The van der Waals surface area contributed by atoms with E-state index in [1.807, 2.05) is 53.2 Å². The molecule has 1 unspecified atom stereocenters. The van der Waals surface area contributed by atoms with Crippen LogP contribution < -0.4 is 10.6 Å². The number of thiophene rings is 1. The van der Waals surface area contributed by atoms with Crippen molar-refractivity contribution in [2.75, 3.05) is 26.7 Å². The summed E-state index contributed by atoms with van der Waals surface area (Å²) >= 11 is 2.88. The Labute approximate surface area is 217 Å². The minimum atomic E-state index is -0.105. The molecule has 4 aromatic rings. The fraction of sp³-hybridized carbons (Fsp3) is 0.308. The monoisotopic (exact) mass is 521 g/mol. The number of amides is 2. The number of likely N-dealkylation sites (tertiary alicyclic amines) is 1. The normalized spacial score (nSPS) is 15.8. The fourth-order valence-corrected chi connectivity index (χ4v) is 6.14. The third-order valence-electron chi connectivity index (χ3n) is 6.26. The zero-order valence-corrected chi connectivity index (χ0v) is 21.5. The summed E-state index contributed by atoms with van der Waals surface area (Å²) in [6, 6.07) is 13.6. The lowest BCUT2D eigenvalue weighted by atomic mass is 10.1. The second-order valence-electron chi connectivity index (χ2n) is 8.56. The Kier molecular flexibility index (Phi) is 7.55. The van der Waals surface area contributed by atoms with Crippen molar-refractivity contribution in [1.29, 1.82) is 0 Å². The minimum absolute atomic E-state index is 0.0539. The van der Waals surface area contributed by atoms with Crippen molar-refractivity contribution in [2.45, 2.75) is 25.3 Å². The van der Waals surface area contributed by atoms with Gasteiger partial charge < -0.3 is 15.2 Å². The van der Waals surface area contributed by atoms with Gasteiger partial charge in [0.25, 0.3) is 5.91 Å². The molecule has 1 aliphatic heterocycles. The molecular formula is C26H27N5O3S2. The van der Waals surface area contributed by atoms with E-state index >= 15 is 0 Å². The van der Waals surface area contributed by atoms with Gasteiger partial charge in [0, 0.05) is 42.7 Å².